The van der Waals surface area contributed by atoms with Gasteiger partial charge in [0.05, 0.1) is 6.04 Å². The first kappa shape index (κ1) is 18.7. The van der Waals surface area contributed by atoms with Gasteiger partial charge < -0.3 is 14.3 Å². The molecule has 0 bridgehead atoms. The highest BCUT2D eigenvalue weighted by molar-refractivity contribution is 5.92. The molecule has 0 spiro atoms. The minimum absolute atomic E-state index is 0.140. The fourth-order valence-corrected chi connectivity index (χ4v) is 3.39. The average Bonchev–Trinajstić information content (AvgIpc) is 3.07. The smallest absolute Gasteiger partial charge is 0.249 e. The number of pyridine rings is 2. The van der Waals surface area contributed by atoms with E-state index in [0.29, 0.717) is 5.65 Å². The Kier molecular flexibility index (Phi) is 4.76. The van der Waals surface area contributed by atoms with E-state index in [9.17, 15) is 9.59 Å². The third-order valence-electron chi connectivity index (χ3n) is 5.20. The van der Waals surface area contributed by atoms with Gasteiger partial charge in [-0.2, -0.15) is 0 Å². The van der Waals surface area contributed by atoms with Crippen molar-refractivity contribution in [3.8, 4) is 0 Å². The van der Waals surface area contributed by atoms with Crippen LogP contribution in [0.15, 0.2) is 63.9 Å². The van der Waals surface area contributed by atoms with Gasteiger partial charge in [0.25, 0.3) is 0 Å². The number of likely N-dealkylation sites (N-methyl/N-ethyl adjacent to an activating group) is 1. The number of nitrogens with one attached hydrogen (secondary N) is 1. The van der Waals surface area contributed by atoms with Gasteiger partial charge in [-0.1, -0.05) is 18.2 Å². The Morgan fingerprint density at radius 2 is 2.03 bits per heavy atom. The summed E-state index contributed by atoms with van der Waals surface area (Å²) in [6, 6.07) is 12.7. The zero-order valence-corrected chi connectivity index (χ0v) is 16.5. The Morgan fingerprint density at radius 3 is 2.83 bits per heavy atom. The van der Waals surface area contributed by atoms with Crippen LogP contribution < -0.4 is 5.56 Å². The van der Waals surface area contributed by atoms with Gasteiger partial charge in [0.1, 0.15) is 17.0 Å². The molecule has 1 N–H and O–H groups in total. The van der Waals surface area contributed by atoms with Crippen LogP contribution in [0.1, 0.15) is 29.9 Å². The number of amides is 1. The molecule has 4 rings (SSSR count). The molecule has 1 atom stereocenters. The van der Waals surface area contributed by atoms with E-state index in [4.69, 9.17) is 4.42 Å². The van der Waals surface area contributed by atoms with Gasteiger partial charge in [0, 0.05) is 41.7 Å². The highest BCUT2D eigenvalue weighted by atomic mass is 16.3. The molecule has 1 aromatic carbocycles. The molecule has 3 aromatic heterocycles. The summed E-state index contributed by atoms with van der Waals surface area (Å²) in [6.07, 6.45) is 4.85. The predicted octanol–water partition coefficient (Wildman–Crippen LogP) is 4.21. The molecule has 0 aliphatic heterocycles. The first-order valence-corrected chi connectivity index (χ1v) is 9.36. The Labute approximate surface area is 167 Å². The number of rotatable bonds is 4. The van der Waals surface area contributed by atoms with Crippen molar-refractivity contribution in [3.63, 3.8) is 0 Å². The molecule has 3 heterocycles. The van der Waals surface area contributed by atoms with E-state index in [2.05, 4.69) is 9.97 Å². The lowest BCUT2D eigenvalue weighted by Gasteiger charge is -2.22. The van der Waals surface area contributed by atoms with Gasteiger partial charge in [-0.05, 0) is 43.7 Å². The van der Waals surface area contributed by atoms with Gasteiger partial charge in [-0.15, -0.1) is 0 Å². The second-order valence-electron chi connectivity index (χ2n) is 7.07. The molecule has 0 aliphatic rings. The van der Waals surface area contributed by atoms with Crippen LogP contribution in [0, 0.1) is 6.92 Å². The molecular formula is C23H21N3O3. The number of carbonyl (C=O) groups excluding carboxylic acids is 1. The van der Waals surface area contributed by atoms with Gasteiger partial charge in [0.15, 0.2) is 0 Å². The maximum absolute atomic E-state index is 12.7. The number of hydrogen-bond acceptors (Lipinski definition) is 4. The summed E-state index contributed by atoms with van der Waals surface area (Å²) < 4.78 is 6.00. The Bertz CT molecular complexity index is 1300. The Hall–Kier alpha value is -3.67. The van der Waals surface area contributed by atoms with E-state index in [-0.39, 0.29) is 17.5 Å². The van der Waals surface area contributed by atoms with Crippen LogP contribution in [-0.2, 0) is 4.79 Å². The minimum Gasteiger partial charge on any atom is -0.459 e. The third-order valence-corrected chi connectivity index (χ3v) is 5.20. The fourth-order valence-electron chi connectivity index (χ4n) is 3.39. The molecule has 6 heteroatoms. The maximum Gasteiger partial charge on any atom is 0.249 e. The quantitative estimate of drug-likeness (QED) is 0.532. The van der Waals surface area contributed by atoms with Gasteiger partial charge in [-0.3, -0.25) is 9.59 Å². The van der Waals surface area contributed by atoms with Crippen molar-refractivity contribution >= 4 is 34.0 Å². The molecule has 4 aromatic rings. The van der Waals surface area contributed by atoms with Crippen molar-refractivity contribution in [2.24, 2.45) is 0 Å². The summed E-state index contributed by atoms with van der Waals surface area (Å²) in [4.78, 5) is 32.6. The monoisotopic (exact) mass is 387 g/mol. The summed E-state index contributed by atoms with van der Waals surface area (Å²) in [5.41, 5.74) is 2.97. The van der Waals surface area contributed by atoms with Crippen molar-refractivity contribution in [2.75, 3.05) is 7.05 Å². The molecule has 0 saturated carbocycles. The number of hydrogen-bond donors (Lipinski definition) is 1. The zero-order valence-electron chi connectivity index (χ0n) is 16.5. The number of aromatic nitrogens is 2. The lowest BCUT2D eigenvalue weighted by molar-refractivity contribution is -0.126. The second kappa shape index (κ2) is 7.39. The molecule has 6 nitrogen and oxygen atoms in total. The standard InChI is InChI=1S/C23H21N3O3/c1-14-18-6-4-5-7-19(18)29-22(14)15(2)26(3)21(28)11-8-16-12-17-9-10-20(27)25-23(17)24-13-16/h4-13,15H,1-3H3,(H,24,25,27). The Morgan fingerprint density at radius 1 is 1.24 bits per heavy atom. The highest BCUT2D eigenvalue weighted by Gasteiger charge is 2.22. The number of carbonyl (C=O) groups is 1. The average molecular weight is 387 g/mol. The summed E-state index contributed by atoms with van der Waals surface area (Å²) in [5.74, 6) is 0.644. The number of furan rings is 1. The summed E-state index contributed by atoms with van der Waals surface area (Å²) in [5, 5.41) is 1.87. The van der Waals surface area contributed by atoms with Crippen molar-refractivity contribution in [3.05, 3.63) is 82.0 Å². The van der Waals surface area contributed by atoms with Crippen LogP contribution in [0.2, 0.25) is 0 Å². The zero-order chi connectivity index (χ0) is 20.5. The molecular weight excluding hydrogens is 366 g/mol. The maximum atomic E-state index is 12.7. The van der Waals surface area contributed by atoms with Crippen LogP contribution in [0.5, 0.6) is 0 Å². The van der Waals surface area contributed by atoms with Crippen molar-refractivity contribution in [2.45, 2.75) is 19.9 Å². The lowest BCUT2D eigenvalue weighted by Crippen LogP contribution is -2.28. The van der Waals surface area contributed by atoms with Crippen LogP contribution in [-0.4, -0.2) is 27.8 Å². The predicted molar refractivity (Wildman–Crippen MR) is 114 cm³/mol. The first-order valence-electron chi connectivity index (χ1n) is 9.36. The third kappa shape index (κ3) is 3.57. The summed E-state index contributed by atoms with van der Waals surface area (Å²) in [7, 11) is 1.76. The van der Waals surface area contributed by atoms with Crippen LogP contribution in [0.3, 0.4) is 0 Å². The second-order valence-corrected chi connectivity index (χ2v) is 7.07. The van der Waals surface area contributed by atoms with Crippen LogP contribution in [0.4, 0.5) is 0 Å². The lowest BCUT2D eigenvalue weighted by atomic mass is 10.1. The number of para-hydroxylation sites is 1. The number of aromatic amines is 1. The molecule has 1 unspecified atom stereocenters. The van der Waals surface area contributed by atoms with E-state index < -0.39 is 0 Å². The molecule has 0 radical (unpaired) electrons. The largest absolute Gasteiger partial charge is 0.459 e. The SMILES string of the molecule is Cc1c(C(C)N(C)C(=O)C=Cc2cnc3[nH]c(=O)ccc3c2)oc2ccccc12. The molecule has 0 fully saturated rings. The number of H-pyrrole nitrogens is 1. The number of fused-ring (bicyclic) bond motifs is 2. The minimum atomic E-state index is -0.209. The highest BCUT2D eigenvalue weighted by Crippen LogP contribution is 2.31. The van der Waals surface area contributed by atoms with E-state index in [1.54, 1.807) is 30.3 Å². The summed E-state index contributed by atoms with van der Waals surface area (Å²) in [6.45, 7) is 3.96. The van der Waals surface area contributed by atoms with Crippen molar-refractivity contribution in [1.82, 2.24) is 14.9 Å². The molecule has 0 saturated heterocycles. The molecule has 146 valence electrons. The van der Waals surface area contributed by atoms with Crippen molar-refractivity contribution < 1.29 is 9.21 Å². The number of nitrogens with zero attached hydrogens (tertiary/aromatic N) is 2. The first-order chi connectivity index (χ1) is 13.9. The van der Waals surface area contributed by atoms with Crippen molar-refractivity contribution in [1.29, 1.82) is 0 Å². The normalized spacial score (nSPS) is 12.7. The number of benzene rings is 1. The molecule has 0 aliphatic carbocycles. The molecule has 1 amide bonds. The topological polar surface area (TPSA) is 79.2 Å². The van der Waals surface area contributed by atoms with Gasteiger partial charge >= 0.3 is 0 Å². The van der Waals surface area contributed by atoms with E-state index in [0.717, 1.165) is 33.2 Å². The fraction of sp³-hybridized carbons (Fsp3) is 0.174. The Balaban J connectivity index is 1.54. The van der Waals surface area contributed by atoms with Gasteiger partial charge in [0.2, 0.25) is 11.5 Å². The van der Waals surface area contributed by atoms with E-state index in [1.807, 2.05) is 44.2 Å². The van der Waals surface area contributed by atoms with E-state index in [1.165, 1.54) is 12.1 Å². The van der Waals surface area contributed by atoms with Crippen LogP contribution >= 0.6 is 0 Å². The summed E-state index contributed by atoms with van der Waals surface area (Å²) >= 11 is 0. The van der Waals surface area contributed by atoms with E-state index >= 15 is 0 Å². The molecule has 29 heavy (non-hydrogen) atoms. The van der Waals surface area contributed by atoms with Gasteiger partial charge in [-0.25, -0.2) is 4.98 Å². The number of aryl methyl sites for hydroxylation is 1. The van der Waals surface area contributed by atoms with Crippen LogP contribution in [0.25, 0.3) is 28.1 Å².